The van der Waals surface area contributed by atoms with E-state index in [1.165, 1.54) is 6.07 Å². The Hall–Kier alpha value is -1.61. The van der Waals surface area contributed by atoms with Crippen molar-refractivity contribution >= 4 is 38.9 Å². The molecule has 126 valence electrons. The third-order valence-electron chi connectivity index (χ3n) is 3.40. The maximum atomic E-state index is 13.5. The average Bonchev–Trinajstić information content (AvgIpc) is 2.83. The van der Waals surface area contributed by atoms with Crippen molar-refractivity contribution in [2.24, 2.45) is 7.05 Å². The number of hydrogen-bond acceptors (Lipinski definition) is 5. The lowest BCUT2D eigenvalue weighted by Gasteiger charge is -2.08. The molecule has 3 aromatic heterocycles. The lowest BCUT2D eigenvalue weighted by atomic mass is 10.2. The highest BCUT2D eigenvalue weighted by Crippen LogP contribution is 2.33. The van der Waals surface area contributed by atoms with Crippen LogP contribution in [-0.4, -0.2) is 30.5 Å². The normalized spacial score (nSPS) is 12.1. The lowest BCUT2D eigenvalue weighted by Crippen LogP contribution is -2.10. The van der Waals surface area contributed by atoms with Gasteiger partial charge < -0.3 is 4.57 Å². The Balaban J connectivity index is 2.19. The van der Waals surface area contributed by atoms with Crippen LogP contribution in [0, 0.1) is 0 Å². The minimum absolute atomic E-state index is 0.371. The Labute approximate surface area is 150 Å². The van der Waals surface area contributed by atoms with Gasteiger partial charge in [-0.3, -0.25) is 4.98 Å². The predicted octanol–water partition coefficient (Wildman–Crippen LogP) is 4.41. The molecule has 0 fully saturated rings. The molecule has 0 aliphatic heterocycles. The van der Waals surface area contributed by atoms with E-state index in [2.05, 4.69) is 36.1 Å². The summed E-state index contributed by atoms with van der Waals surface area (Å²) in [6, 6.07) is 3.24. The second-order valence-electron chi connectivity index (χ2n) is 5.25. The van der Waals surface area contributed by atoms with Crippen molar-refractivity contribution in [2.75, 3.05) is 5.75 Å². The maximum absolute atomic E-state index is 13.5. The Morgan fingerprint density at radius 3 is 2.71 bits per heavy atom. The molecule has 5 nitrogen and oxygen atoms in total. The SMILES string of the molecule is CCSc1cc(Br)cnc1-c1nc2cc(C(C)(F)F)nnc2n1C. The van der Waals surface area contributed by atoms with Gasteiger partial charge in [-0.15, -0.1) is 22.0 Å². The van der Waals surface area contributed by atoms with Crippen LogP contribution in [0.25, 0.3) is 22.7 Å². The molecule has 3 aromatic rings. The summed E-state index contributed by atoms with van der Waals surface area (Å²) in [5.74, 6) is -1.61. The topological polar surface area (TPSA) is 56.5 Å². The van der Waals surface area contributed by atoms with E-state index >= 15 is 0 Å². The van der Waals surface area contributed by atoms with Gasteiger partial charge in [-0.2, -0.15) is 8.78 Å². The molecule has 0 amide bonds. The Morgan fingerprint density at radius 2 is 2.04 bits per heavy atom. The second kappa shape index (κ2) is 6.36. The van der Waals surface area contributed by atoms with Gasteiger partial charge in [-0.05, 0) is 33.8 Å². The molecule has 0 aliphatic rings. The zero-order valence-corrected chi connectivity index (χ0v) is 15.6. The highest BCUT2D eigenvalue weighted by Gasteiger charge is 2.28. The summed E-state index contributed by atoms with van der Waals surface area (Å²) in [6.45, 7) is 2.84. The van der Waals surface area contributed by atoms with Crippen molar-refractivity contribution in [3.8, 4) is 11.5 Å². The zero-order chi connectivity index (χ0) is 17.5. The van der Waals surface area contributed by atoms with E-state index in [1.807, 2.05) is 13.0 Å². The molecule has 3 heterocycles. The van der Waals surface area contributed by atoms with Gasteiger partial charge in [-0.1, -0.05) is 6.92 Å². The van der Waals surface area contributed by atoms with E-state index in [0.717, 1.165) is 22.0 Å². The minimum atomic E-state index is -3.06. The number of halogens is 3. The van der Waals surface area contributed by atoms with Crippen LogP contribution >= 0.6 is 27.7 Å². The van der Waals surface area contributed by atoms with Crippen LogP contribution < -0.4 is 0 Å². The van der Waals surface area contributed by atoms with Crippen molar-refractivity contribution in [1.82, 2.24) is 24.7 Å². The molecule has 3 rings (SSSR count). The highest BCUT2D eigenvalue weighted by molar-refractivity contribution is 9.10. The van der Waals surface area contributed by atoms with Crippen molar-refractivity contribution < 1.29 is 8.78 Å². The summed E-state index contributed by atoms with van der Waals surface area (Å²) in [7, 11) is 1.77. The first-order valence-electron chi connectivity index (χ1n) is 7.18. The Kier molecular flexibility index (Phi) is 4.56. The summed E-state index contributed by atoms with van der Waals surface area (Å²) in [5, 5.41) is 7.54. The molecule has 0 saturated heterocycles. The molecule has 0 aromatic carbocycles. The van der Waals surface area contributed by atoms with Gasteiger partial charge in [0.25, 0.3) is 5.92 Å². The largest absolute Gasteiger partial charge is 0.309 e. The molecule has 9 heteroatoms. The first kappa shape index (κ1) is 17.2. The van der Waals surface area contributed by atoms with Gasteiger partial charge >= 0.3 is 0 Å². The standard InChI is InChI=1S/C15H14BrF2N5S/c1-4-24-10-5-8(16)7-19-12(10)14-20-9-6-11(15(2,17)18)21-22-13(9)23(14)3/h5-7H,4H2,1-3H3. The van der Waals surface area contributed by atoms with E-state index in [4.69, 9.17) is 0 Å². The molecule has 0 spiro atoms. The van der Waals surface area contributed by atoms with Gasteiger partial charge in [0.05, 0.1) is 0 Å². The van der Waals surface area contributed by atoms with Gasteiger partial charge in [0, 0.05) is 29.5 Å². The number of imidazole rings is 1. The molecule has 0 radical (unpaired) electrons. The predicted molar refractivity (Wildman–Crippen MR) is 93.2 cm³/mol. The number of hydrogen-bond donors (Lipinski definition) is 0. The number of alkyl halides is 2. The van der Waals surface area contributed by atoms with Crippen molar-refractivity contribution in [1.29, 1.82) is 0 Å². The summed E-state index contributed by atoms with van der Waals surface area (Å²) in [5.41, 5.74) is 1.10. The van der Waals surface area contributed by atoms with Crippen LogP contribution in [0.1, 0.15) is 19.5 Å². The van der Waals surface area contributed by atoms with E-state index in [9.17, 15) is 8.78 Å². The van der Waals surface area contributed by atoms with E-state index in [1.54, 1.807) is 29.6 Å². The third-order valence-corrected chi connectivity index (χ3v) is 4.74. The minimum Gasteiger partial charge on any atom is -0.309 e. The number of aromatic nitrogens is 5. The van der Waals surface area contributed by atoms with Crippen LogP contribution in [0.2, 0.25) is 0 Å². The molecule has 0 aliphatic carbocycles. The van der Waals surface area contributed by atoms with E-state index in [-0.39, 0.29) is 0 Å². The van der Waals surface area contributed by atoms with Crippen LogP contribution in [0.4, 0.5) is 8.78 Å². The van der Waals surface area contributed by atoms with Crippen LogP contribution in [0.5, 0.6) is 0 Å². The number of nitrogens with zero attached hydrogens (tertiary/aromatic N) is 5. The number of rotatable bonds is 4. The molecular formula is C15H14BrF2N5S. The fourth-order valence-corrected chi connectivity index (χ4v) is 3.55. The number of aryl methyl sites for hydroxylation is 1. The molecule has 0 N–H and O–H groups in total. The third kappa shape index (κ3) is 3.14. The molecule has 0 bridgehead atoms. The molecule has 0 saturated carbocycles. The van der Waals surface area contributed by atoms with Crippen molar-refractivity contribution in [3.63, 3.8) is 0 Å². The van der Waals surface area contributed by atoms with Gasteiger partial charge in [0.15, 0.2) is 11.5 Å². The Bertz CT molecular complexity index is 907. The maximum Gasteiger partial charge on any atom is 0.288 e. The Morgan fingerprint density at radius 1 is 1.29 bits per heavy atom. The summed E-state index contributed by atoms with van der Waals surface area (Å²) in [6.07, 6.45) is 1.69. The number of thioether (sulfide) groups is 1. The first-order valence-corrected chi connectivity index (χ1v) is 8.96. The fourth-order valence-electron chi connectivity index (χ4n) is 2.27. The molecular weight excluding hydrogens is 400 g/mol. The first-order chi connectivity index (χ1) is 11.3. The van der Waals surface area contributed by atoms with Gasteiger partial charge in [0.2, 0.25) is 0 Å². The molecule has 0 unspecified atom stereocenters. The van der Waals surface area contributed by atoms with Crippen LogP contribution in [-0.2, 0) is 13.0 Å². The van der Waals surface area contributed by atoms with Gasteiger partial charge in [0.1, 0.15) is 16.9 Å². The second-order valence-corrected chi connectivity index (χ2v) is 7.48. The van der Waals surface area contributed by atoms with Crippen molar-refractivity contribution in [2.45, 2.75) is 24.7 Å². The monoisotopic (exact) mass is 413 g/mol. The fraction of sp³-hybridized carbons (Fsp3) is 0.333. The highest BCUT2D eigenvalue weighted by atomic mass is 79.9. The molecule has 0 atom stereocenters. The lowest BCUT2D eigenvalue weighted by molar-refractivity contribution is 0.0120. The van der Waals surface area contributed by atoms with Gasteiger partial charge in [-0.25, -0.2) is 4.98 Å². The van der Waals surface area contributed by atoms with E-state index in [0.29, 0.717) is 22.7 Å². The summed E-state index contributed by atoms with van der Waals surface area (Å²) < 4.78 is 29.5. The smallest absolute Gasteiger partial charge is 0.288 e. The van der Waals surface area contributed by atoms with Crippen LogP contribution in [0.15, 0.2) is 27.7 Å². The number of fused-ring (bicyclic) bond motifs is 1. The average molecular weight is 414 g/mol. The zero-order valence-electron chi connectivity index (χ0n) is 13.2. The molecule has 24 heavy (non-hydrogen) atoms. The summed E-state index contributed by atoms with van der Waals surface area (Å²) in [4.78, 5) is 9.87. The van der Waals surface area contributed by atoms with Crippen molar-refractivity contribution in [3.05, 3.63) is 28.5 Å². The van der Waals surface area contributed by atoms with Crippen LogP contribution in [0.3, 0.4) is 0 Å². The number of pyridine rings is 1. The quantitative estimate of drug-likeness (QED) is 0.592. The summed E-state index contributed by atoms with van der Waals surface area (Å²) >= 11 is 5.05. The van der Waals surface area contributed by atoms with E-state index < -0.39 is 11.6 Å².